The fraction of sp³-hybridized carbons (Fsp3) is 0.478. The molecule has 6 heteroatoms. The van der Waals surface area contributed by atoms with Gasteiger partial charge in [-0.05, 0) is 56.5 Å². The van der Waals surface area contributed by atoms with Crippen LogP contribution in [0.25, 0.3) is 0 Å². The van der Waals surface area contributed by atoms with Crippen LogP contribution >= 0.6 is 0 Å². The number of likely N-dealkylation sites (tertiary alicyclic amines) is 1. The largest absolute Gasteiger partial charge is 0.496 e. The second kappa shape index (κ2) is 9.27. The van der Waals surface area contributed by atoms with Gasteiger partial charge in [0.2, 0.25) is 0 Å². The first kappa shape index (κ1) is 21.1. The molecule has 2 aromatic rings. The Labute approximate surface area is 172 Å². The summed E-state index contributed by atoms with van der Waals surface area (Å²) in [6.07, 6.45) is 3.62. The predicted molar refractivity (Wildman–Crippen MR) is 112 cm³/mol. The van der Waals surface area contributed by atoms with Gasteiger partial charge in [0, 0.05) is 36.8 Å². The molecular formula is C23H30N2O4. The number of aryl methyl sites for hydroxylation is 2. The molecule has 0 spiro atoms. The molecule has 2 heterocycles. The maximum Gasteiger partial charge on any atom is 0.183 e. The highest BCUT2D eigenvalue weighted by molar-refractivity contribution is 5.98. The van der Waals surface area contributed by atoms with Crippen LogP contribution in [0.3, 0.4) is 0 Å². The molecule has 6 nitrogen and oxygen atoms in total. The summed E-state index contributed by atoms with van der Waals surface area (Å²) < 4.78 is 16.3. The molecule has 0 N–H and O–H groups in total. The Balaban J connectivity index is 1.75. The molecule has 1 aromatic heterocycles. The van der Waals surface area contributed by atoms with Gasteiger partial charge in [0.15, 0.2) is 17.3 Å². The van der Waals surface area contributed by atoms with E-state index in [2.05, 4.69) is 9.88 Å². The molecule has 0 amide bonds. The van der Waals surface area contributed by atoms with Crippen LogP contribution in [-0.2, 0) is 6.54 Å². The molecule has 0 saturated carbocycles. The third kappa shape index (κ3) is 4.53. The highest BCUT2D eigenvalue weighted by Crippen LogP contribution is 2.32. The zero-order valence-electron chi connectivity index (χ0n) is 17.9. The summed E-state index contributed by atoms with van der Waals surface area (Å²) in [6, 6.07) is 5.68. The Kier molecular flexibility index (Phi) is 6.75. The minimum absolute atomic E-state index is 0.0208. The lowest BCUT2D eigenvalue weighted by molar-refractivity contribution is 0.0808. The average Bonchev–Trinajstić information content (AvgIpc) is 2.73. The second-order valence-corrected chi connectivity index (χ2v) is 7.57. The number of methoxy groups -OCH3 is 3. The van der Waals surface area contributed by atoms with Crippen LogP contribution in [0.1, 0.15) is 40.0 Å². The first-order valence-corrected chi connectivity index (χ1v) is 9.96. The summed E-state index contributed by atoms with van der Waals surface area (Å²) in [5, 5.41) is 0. The van der Waals surface area contributed by atoms with Gasteiger partial charge in [-0.2, -0.15) is 0 Å². The van der Waals surface area contributed by atoms with Gasteiger partial charge < -0.3 is 14.2 Å². The normalized spacial score (nSPS) is 17.1. The van der Waals surface area contributed by atoms with Crippen molar-refractivity contribution in [2.45, 2.75) is 33.2 Å². The van der Waals surface area contributed by atoms with Crippen molar-refractivity contribution in [1.82, 2.24) is 9.88 Å². The second-order valence-electron chi connectivity index (χ2n) is 7.57. The fourth-order valence-electron chi connectivity index (χ4n) is 4.24. The molecule has 1 aliphatic heterocycles. The average molecular weight is 399 g/mol. The highest BCUT2D eigenvalue weighted by Gasteiger charge is 2.28. The summed E-state index contributed by atoms with van der Waals surface area (Å²) in [6.45, 7) is 6.25. The molecule has 1 aromatic carbocycles. The van der Waals surface area contributed by atoms with Crippen LogP contribution in [0.4, 0.5) is 0 Å². The number of piperidine rings is 1. The standard InChI is InChI=1S/C23H30N2O4/c1-15-11-18(12-16(2)22(15)28-4)21(26)17-7-6-10-25(13-17)14-19-23(29-5)20(27-3)8-9-24-19/h8-9,11-12,17H,6-7,10,13-14H2,1-5H3/t17-/m1/s1. The molecular weight excluding hydrogens is 368 g/mol. The Morgan fingerprint density at radius 2 is 1.79 bits per heavy atom. The topological polar surface area (TPSA) is 60.9 Å². The zero-order chi connectivity index (χ0) is 21.0. The number of aromatic nitrogens is 1. The van der Waals surface area contributed by atoms with Crippen LogP contribution in [0.15, 0.2) is 24.4 Å². The molecule has 1 fully saturated rings. The lowest BCUT2D eigenvalue weighted by Crippen LogP contribution is -2.38. The quantitative estimate of drug-likeness (QED) is 0.661. The van der Waals surface area contributed by atoms with Gasteiger partial charge in [0.1, 0.15) is 11.4 Å². The van der Waals surface area contributed by atoms with Crippen molar-refractivity contribution in [2.24, 2.45) is 5.92 Å². The first-order valence-electron chi connectivity index (χ1n) is 9.96. The predicted octanol–water partition coefficient (Wildman–Crippen LogP) is 3.82. The number of pyridine rings is 1. The Morgan fingerprint density at radius 1 is 1.10 bits per heavy atom. The number of hydrogen-bond donors (Lipinski definition) is 0. The van der Waals surface area contributed by atoms with Crippen LogP contribution in [0.5, 0.6) is 17.2 Å². The van der Waals surface area contributed by atoms with Crippen LogP contribution < -0.4 is 14.2 Å². The van der Waals surface area contributed by atoms with Crippen LogP contribution in [0.2, 0.25) is 0 Å². The number of ether oxygens (including phenoxy) is 3. The number of benzene rings is 1. The smallest absolute Gasteiger partial charge is 0.183 e. The lowest BCUT2D eigenvalue weighted by Gasteiger charge is -2.32. The van der Waals surface area contributed by atoms with Gasteiger partial charge in [0.25, 0.3) is 0 Å². The van der Waals surface area contributed by atoms with Gasteiger partial charge in [-0.1, -0.05) is 0 Å². The van der Waals surface area contributed by atoms with Crippen molar-refractivity contribution in [3.63, 3.8) is 0 Å². The van der Waals surface area contributed by atoms with E-state index in [0.717, 1.165) is 47.5 Å². The molecule has 3 rings (SSSR count). The van der Waals surface area contributed by atoms with Crippen molar-refractivity contribution in [2.75, 3.05) is 34.4 Å². The third-order valence-corrected chi connectivity index (χ3v) is 5.56. The van der Waals surface area contributed by atoms with Crippen molar-refractivity contribution in [1.29, 1.82) is 0 Å². The van der Waals surface area contributed by atoms with E-state index >= 15 is 0 Å². The number of carbonyl (C=O) groups is 1. The number of hydrogen-bond acceptors (Lipinski definition) is 6. The molecule has 1 aliphatic rings. The first-order chi connectivity index (χ1) is 14.0. The fourth-order valence-corrected chi connectivity index (χ4v) is 4.24. The van der Waals surface area contributed by atoms with E-state index in [1.165, 1.54) is 0 Å². The van der Waals surface area contributed by atoms with E-state index in [1.807, 2.05) is 26.0 Å². The molecule has 0 unspecified atom stereocenters. The molecule has 29 heavy (non-hydrogen) atoms. The summed E-state index contributed by atoms with van der Waals surface area (Å²) >= 11 is 0. The number of carbonyl (C=O) groups excluding carboxylic acids is 1. The van der Waals surface area contributed by atoms with Crippen molar-refractivity contribution in [3.05, 3.63) is 46.8 Å². The molecule has 0 aliphatic carbocycles. The Hall–Kier alpha value is -2.60. The molecule has 0 radical (unpaired) electrons. The molecule has 156 valence electrons. The van der Waals surface area contributed by atoms with Crippen LogP contribution in [-0.4, -0.2) is 50.1 Å². The van der Waals surface area contributed by atoms with E-state index in [4.69, 9.17) is 14.2 Å². The van der Waals surface area contributed by atoms with Crippen LogP contribution in [0, 0.1) is 19.8 Å². The molecule has 1 saturated heterocycles. The molecule has 0 bridgehead atoms. The Morgan fingerprint density at radius 3 is 2.41 bits per heavy atom. The minimum atomic E-state index is -0.0208. The van der Waals surface area contributed by atoms with Gasteiger partial charge in [-0.25, -0.2) is 0 Å². The lowest BCUT2D eigenvalue weighted by atomic mass is 9.88. The van der Waals surface area contributed by atoms with Gasteiger partial charge >= 0.3 is 0 Å². The van der Waals surface area contributed by atoms with E-state index in [-0.39, 0.29) is 11.7 Å². The van der Waals surface area contributed by atoms with E-state index in [9.17, 15) is 4.79 Å². The number of nitrogens with zero attached hydrogens (tertiary/aromatic N) is 2. The summed E-state index contributed by atoms with van der Waals surface area (Å²) in [5.41, 5.74) is 3.59. The minimum Gasteiger partial charge on any atom is -0.496 e. The summed E-state index contributed by atoms with van der Waals surface area (Å²) in [7, 11) is 4.91. The van der Waals surface area contributed by atoms with Crippen molar-refractivity contribution < 1.29 is 19.0 Å². The highest BCUT2D eigenvalue weighted by atomic mass is 16.5. The maximum absolute atomic E-state index is 13.2. The van der Waals surface area contributed by atoms with E-state index in [1.54, 1.807) is 33.6 Å². The number of rotatable bonds is 7. The van der Waals surface area contributed by atoms with Crippen molar-refractivity contribution in [3.8, 4) is 17.2 Å². The van der Waals surface area contributed by atoms with Gasteiger partial charge in [-0.15, -0.1) is 0 Å². The monoisotopic (exact) mass is 398 g/mol. The maximum atomic E-state index is 13.2. The van der Waals surface area contributed by atoms with E-state index in [0.29, 0.717) is 24.6 Å². The SMILES string of the molecule is COc1ccnc(CN2CCC[C@@H](C(=O)c3cc(C)c(OC)c(C)c3)C2)c1OC. The van der Waals surface area contributed by atoms with Gasteiger partial charge in [0.05, 0.1) is 21.3 Å². The summed E-state index contributed by atoms with van der Waals surface area (Å²) in [5.74, 6) is 2.36. The third-order valence-electron chi connectivity index (χ3n) is 5.56. The summed E-state index contributed by atoms with van der Waals surface area (Å²) in [4.78, 5) is 20.0. The number of Topliss-reactive ketones (excluding diaryl/α,β-unsaturated/α-hetero) is 1. The van der Waals surface area contributed by atoms with E-state index < -0.39 is 0 Å². The number of ketones is 1. The Bertz CT molecular complexity index is 858. The zero-order valence-corrected chi connectivity index (χ0v) is 17.9. The van der Waals surface area contributed by atoms with Gasteiger partial charge in [-0.3, -0.25) is 14.7 Å². The molecule has 1 atom stereocenters. The van der Waals surface area contributed by atoms with Crippen molar-refractivity contribution >= 4 is 5.78 Å².